The number of benzene rings is 2. The lowest BCUT2D eigenvalue weighted by Crippen LogP contribution is -2.24. The van der Waals surface area contributed by atoms with Crippen LogP contribution in [0.3, 0.4) is 0 Å². The molecule has 2 aromatic carbocycles. The molecule has 5 nitrogen and oxygen atoms in total. The number of para-hydroxylation sites is 1. The Morgan fingerprint density at radius 2 is 1.46 bits per heavy atom. The second-order valence-corrected chi connectivity index (χ2v) is 6.16. The Hall–Kier alpha value is -2.82. The van der Waals surface area contributed by atoms with E-state index in [0.717, 1.165) is 37.1 Å². The standard InChI is InChI=1S/C21H27N3O2/c1-22-20(25)11-7-2-3-8-16-23-21(26)17-12-14-19(15-13-17)24-18-9-5-4-6-10-18/h4-6,9-10,12-15,24H,2-3,7-8,11,16H2,1H3,(H,22,25)(H,23,26). The van der Waals surface area contributed by atoms with Gasteiger partial charge in [0.05, 0.1) is 0 Å². The Bertz CT molecular complexity index is 684. The molecule has 0 aromatic heterocycles. The molecule has 3 N–H and O–H groups in total. The fraction of sp³-hybridized carbons (Fsp3) is 0.333. The van der Waals surface area contributed by atoms with Crippen molar-refractivity contribution in [2.45, 2.75) is 32.1 Å². The maximum absolute atomic E-state index is 12.1. The van der Waals surface area contributed by atoms with Gasteiger partial charge in [-0.1, -0.05) is 31.0 Å². The van der Waals surface area contributed by atoms with Crippen LogP contribution in [0.4, 0.5) is 11.4 Å². The highest BCUT2D eigenvalue weighted by Gasteiger charge is 2.05. The minimum atomic E-state index is -0.0541. The predicted molar refractivity (Wildman–Crippen MR) is 106 cm³/mol. The predicted octanol–water partition coefficient (Wildman–Crippen LogP) is 3.86. The molecule has 0 saturated carbocycles. The van der Waals surface area contributed by atoms with E-state index in [9.17, 15) is 9.59 Å². The molecule has 0 aliphatic carbocycles. The molecule has 0 fully saturated rings. The van der Waals surface area contributed by atoms with Crippen molar-refractivity contribution in [1.29, 1.82) is 0 Å². The maximum Gasteiger partial charge on any atom is 0.251 e. The quantitative estimate of drug-likeness (QED) is 0.568. The highest BCUT2D eigenvalue weighted by Crippen LogP contribution is 2.16. The van der Waals surface area contributed by atoms with Crippen LogP contribution in [0.5, 0.6) is 0 Å². The zero-order chi connectivity index (χ0) is 18.6. The zero-order valence-corrected chi connectivity index (χ0v) is 15.3. The molecule has 0 bridgehead atoms. The summed E-state index contributed by atoms with van der Waals surface area (Å²) in [4.78, 5) is 23.2. The van der Waals surface area contributed by atoms with Gasteiger partial charge in [-0.15, -0.1) is 0 Å². The molecule has 2 amide bonds. The summed E-state index contributed by atoms with van der Waals surface area (Å²) in [5.41, 5.74) is 2.62. The lowest BCUT2D eigenvalue weighted by atomic mass is 10.1. The van der Waals surface area contributed by atoms with Crippen LogP contribution in [0.2, 0.25) is 0 Å². The summed E-state index contributed by atoms with van der Waals surface area (Å²) in [5, 5.41) is 8.85. The molecule has 0 unspecified atom stereocenters. The van der Waals surface area contributed by atoms with E-state index in [4.69, 9.17) is 0 Å². The van der Waals surface area contributed by atoms with E-state index in [1.54, 1.807) is 7.05 Å². The second-order valence-electron chi connectivity index (χ2n) is 6.16. The number of carbonyl (C=O) groups is 2. The molecule has 2 aromatic rings. The molecule has 5 heteroatoms. The number of anilines is 2. The maximum atomic E-state index is 12.1. The van der Waals surface area contributed by atoms with Crippen LogP contribution in [0.15, 0.2) is 54.6 Å². The minimum absolute atomic E-state index is 0.0541. The Kier molecular flexibility index (Phi) is 8.19. The summed E-state index contributed by atoms with van der Waals surface area (Å²) in [6, 6.07) is 17.4. The smallest absolute Gasteiger partial charge is 0.251 e. The lowest BCUT2D eigenvalue weighted by Gasteiger charge is -2.08. The van der Waals surface area contributed by atoms with Crippen LogP contribution >= 0.6 is 0 Å². The van der Waals surface area contributed by atoms with E-state index in [2.05, 4.69) is 16.0 Å². The van der Waals surface area contributed by atoms with Gasteiger partial charge in [-0.25, -0.2) is 0 Å². The second kappa shape index (κ2) is 10.9. The Balaban J connectivity index is 1.65. The molecule has 0 aliphatic heterocycles. The van der Waals surface area contributed by atoms with E-state index in [-0.39, 0.29) is 11.8 Å². The summed E-state index contributed by atoms with van der Waals surface area (Å²) in [7, 11) is 1.65. The molecule has 0 aliphatic rings. The Morgan fingerprint density at radius 1 is 0.808 bits per heavy atom. The molecule has 0 saturated heterocycles. The van der Waals surface area contributed by atoms with Crippen molar-refractivity contribution in [2.24, 2.45) is 0 Å². The van der Waals surface area contributed by atoms with E-state index >= 15 is 0 Å². The van der Waals surface area contributed by atoms with E-state index < -0.39 is 0 Å². The van der Waals surface area contributed by atoms with Gasteiger partial charge in [-0.2, -0.15) is 0 Å². The summed E-state index contributed by atoms with van der Waals surface area (Å²) >= 11 is 0. The number of hydrogen-bond donors (Lipinski definition) is 3. The van der Waals surface area contributed by atoms with Crippen LogP contribution in [0, 0.1) is 0 Å². The van der Waals surface area contributed by atoms with Gasteiger partial charge in [0, 0.05) is 37.0 Å². The normalized spacial score (nSPS) is 10.2. The number of carbonyl (C=O) groups excluding carboxylic acids is 2. The molecule has 0 atom stereocenters. The highest BCUT2D eigenvalue weighted by molar-refractivity contribution is 5.94. The van der Waals surface area contributed by atoms with Crippen LogP contribution in [0.1, 0.15) is 42.5 Å². The van der Waals surface area contributed by atoms with Crippen LogP contribution in [-0.4, -0.2) is 25.4 Å². The first-order valence-electron chi connectivity index (χ1n) is 9.10. The first-order chi connectivity index (χ1) is 12.7. The van der Waals surface area contributed by atoms with Crippen molar-refractivity contribution in [2.75, 3.05) is 18.9 Å². The average molecular weight is 353 g/mol. The summed E-state index contributed by atoms with van der Waals surface area (Å²) in [5.74, 6) is 0.0325. The SMILES string of the molecule is CNC(=O)CCCCCCNC(=O)c1ccc(Nc2ccccc2)cc1. The molecular formula is C21H27N3O2. The van der Waals surface area contributed by atoms with Crippen molar-refractivity contribution in [3.63, 3.8) is 0 Å². The summed E-state index contributed by atoms with van der Waals surface area (Å²) < 4.78 is 0. The number of unbranched alkanes of at least 4 members (excludes halogenated alkanes) is 3. The topological polar surface area (TPSA) is 70.2 Å². The molecule has 0 spiro atoms. The van der Waals surface area contributed by atoms with Crippen molar-refractivity contribution in [3.05, 3.63) is 60.2 Å². The molecule has 0 radical (unpaired) electrons. The number of nitrogens with one attached hydrogen (secondary N) is 3. The molecule has 0 heterocycles. The zero-order valence-electron chi connectivity index (χ0n) is 15.3. The van der Waals surface area contributed by atoms with Gasteiger partial charge in [0.1, 0.15) is 0 Å². The van der Waals surface area contributed by atoms with Gasteiger partial charge >= 0.3 is 0 Å². The van der Waals surface area contributed by atoms with Crippen molar-refractivity contribution in [1.82, 2.24) is 10.6 Å². The largest absolute Gasteiger partial charge is 0.359 e. The number of rotatable bonds is 10. The molecule has 138 valence electrons. The first-order valence-corrected chi connectivity index (χ1v) is 9.10. The van der Waals surface area contributed by atoms with Crippen molar-refractivity contribution >= 4 is 23.2 Å². The molecule has 2 rings (SSSR count). The lowest BCUT2D eigenvalue weighted by molar-refractivity contribution is -0.120. The van der Waals surface area contributed by atoms with E-state index in [1.807, 2.05) is 54.6 Å². The first kappa shape index (κ1) is 19.5. The third kappa shape index (κ3) is 6.97. The van der Waals surface area contributed by atoms with Crippen LogP contribution in [-0.2, 0) is 4.79 Å². The Labute approximate surface area is 155 Å². The third-order valence-corrected chi connectivity index (χ3v) is 4.10. The highest BCUT2D eigenvalue weighted by atomic mass is 16.2. The van der Waals surface area contributed by atoms with Gasteiger partial charge < -0.3 is 16.0 Å². The monoisotopic (exact) mass is 353 g/mol. The Morgan fingerprint density at radius 3 is 2.15 bits per heavy atom. The van der Waals surface area contributed by atoms with Crippen LogP contribution < -0.4 is 16.0 Å². The van der Waals surface area contributed by atoms with Crippen molar-refractivity contribution in [3.8, 4) is 0 Å². The average Bonchev–Trinajstić information content (AvgIpc) is 2.68. The fourth-order valence-electron chi connectivity index (χ4n) is 2.59. The van der Waals surface area contributed by atoms with E-state index in [0.29, 0.717) is 18.5 Å². The van der Waals surface area contributed by atoms with Gasteiger partial charge in [0.2, 0.25) is 5.91 Å². The minimum Gasteiger partial charge on any atom is -0.359 e. The van der Waals surface area contributed by atoms with Gasteiger partial charge in [0.25, 0.3) is 5.91 Å². The van der Waals surface area contributed by atoms with Crippen LogP contribution in [0.25, 0.3) is 0 Å². The number of hydrogen-bond acceptors (Lipinski definition) is 3. The summed E-state index contributed by atoms with van der Waals surface area (Å²) in [6.45, 7) is 0.656. The van der Waals surface area contributed by atoms with Gasteiger partial charge in [0.15, 0.2) is 0 Å². The number of amides is 2. The molecule has 26 heavy (non-hydrogen) atoms. The fourth-order valence-corrected chi connectivity index (χ4v) is 2.59. The van der Waals surface area contributed by atoms with Gasteiger partial charge in [-0.05, 0) is 49.2 Å². The molecular weight excluding hydrogens is 326 g/mol. The van der Waals surface area contributed by atoms with Crippen molar-refractivity contribution < 1.29 is 9.59 Å². The summed E-state index contributed by atoms with van der Waals surface area (Å²) in [6.07, 6.45) is 4.41. The third-order valence-electron chi connectivity index (χ3n) is 4.10. The van der Waals surface area contributed by atoms with Gasteiger partial charge in [-0.3, -0.25) is 9.59 Å². The van der Waals surface area contributed by atoms with E-state index in [1.165, 1.54) is 0 Å².